The number of carbonyl (C=O) groups is 2. The Balaban J connectivity index is 1.79. The van der Waals surface area contributed by atoms with Crippen LogP contribution in [-0.2, 0) is 9.59 Å². The number of nitrogens with zero attached hydrogens (tertiary/aromatic N) is 1. The van der Waals surface area contributed by atoms with Gasteiger partial charge in [-0.3, -0.25) is 9.59 Å². The fourth-order valence-electron chi connectivity index (χ4n) is 1.53. The standard InChI is InChI=1S/C13H15N3O3S/c1-2-14-11(17)7-15-12(18)8-20-13-16-9-5-3-4-6-10(9)19-13/h3-6H,2,7-8H2,1H3,(H,14,17)(H,15,18). The lowest BCUT2D eigenvalue weighted by Gasteiger charge is -2.03. The minimum absolute atomic E-state index is 0.0131. The highest BCUT2D eigenvalue weighted by Gasteiger charge is 2.09. The second-order valence-corrected chi connectivity index (χ2v) is 4.89. The van der Waals surface area contributed by atoms with Gasteiger partial charge >= 0.3 is 0 Å². The molecule has 2 aromatic rings. The smallest absolute Gasteiger partial charge is 0.257 e. The number of benzene rings is 1. The molecule has 0 aliphatic carbocycles. The average molecular weight is 293 g/mol. The van der Waals surface area contributed by atoms with Crippen LogP contribution in [0.1, 0.15) is 6.92 Å². The molecule has 0 aliphatic heterocycles. The summed E-state index contributed by atoms with van der Waals surface area (Å²) in [6.45, 7) is 2.36. The van der Waals surface area contributed by atoms with Crippen LogP contribution >= 0.6 is 11.8 Å². The number of para-hydroxylation sites is 2. The molecule has 0 atom stereocenters. The van der Waals surface area contributed by atoms with E-state index in [0.29, 0.717) is 17.4 Å². The number of hydrogen-bond acceptors (Lipinski definition) is 5. The minimum Gasteiger partial charge on any atom is -0.431 e. The maximum atomic E-state index is 11.6. The highest BCUT2D eigenvalue weighted by Crippen LogP contribution is 2.22. The fraction of sp³-hybridized carbons (Fsp3) is 0.308. The summed E-state index contributed by atoms with van der Waals surface area (Å²) in [7, 11) is 0. The van der Waals surface area contributed by atoms with E-state index in [2.05, 4.69) is 15.6 Å². The van der Waals surface area contributed by atoms with Crippen molar-refractivity contribution in [2.75, 3.05) is 18.8 Å². The van der Waals surface area contributed by atoms with Gasteiger partial charge in [0, 0.05) is 6.54 Å². The topological polar surface area (TPSA) is 84.2 Å². The van der Waals surface area contributed by atoms with E-state index in [-0.39, 0.29) is 24.1 Å². The Morgan fingerprint density at radius 3 is 2.80 bits per heavy atom. The Hall–Kier alpha value is -2.02. The van der Waals surface area contributed by atoms with Crippen LogP contribution in [0.15, 0.2) is 33.9 Å². The molecule has 0 unspecified atom stereocenters. The Morgan fingerprint density at radius 1 is 1.25 bits per heavy atom. The first-order valence-electron chi connectivity index (χ1n) is 6.21. The molecule has 1 aromatic carbocycles. The number of aromatic nitrogens is 1. The lowest BCUT2D eigenvalue weighted by Crippen LogP contribution is -2.37. The molecule has 0 aliphatic rings. The monoisotopic (exact) mass is 293 g/mol. The third-order valence-electron chi connectivity index (χ3n) is 2.42. The van der Waals surface area contributed by atoms with E-state index in [4.69, 9.17) is 4.42 Å². The second kappa shape index (κ2) is 6.95. The largest absolute Gasteiger partial charge is 0.431 e. The van der Waals surface area contributed by atoms with Crippen LogP contribution in [0, 0.1) is 0 Å². The third kappa shape index (κ3) is 3.99. The van der Waals surface area contributed by atoms with E-state index in [1.54, 1.807) is 0 Å². The number of nitrogens with one attached hydrogen (secondary N) is 2. The number of thioether (sulfide) groups is 1. The van der Waals surface area contributed by atoms with Crippen molar-refractivity contribution in [1.29, 1.82) is 0 Å². The summed E-state index contributed by atoms with van der Waals surface area (Å²) in [6.07, 6.45) is 0. The molecule has 0 radical (unpaired) electrons. The first-order valence-corrected chi connectivity index (χ1v) is 7.19. The SMILES string of the molecule is CCNC(=O)CNC(=O)CSc1nc2ccccc2o1. The lowest BCUT2D eigenvalue weighted by atomic mass is 10.3. The summed E-state index contributed by atoms with van der Waals surface area (Å²) in [5.41, 5.74) is 1.45. The van der Waals surface area contributed by atoms with Crippen LogP contribution in [0.3, 0.4) is 0 Å². The van der Waals surface area contributed by atoms with Crippen LogP contribution in [0.4, 0.5) is 0 Å². The highest BCUT2D eigenvalue weighted by molar-refractivity contribution is 7.99. The van der Waals surface area contributed by atoms with Crippen molar-refractivity contribution < 1.29 is 14.0 Å². The van der Waals surface area contributed by atoms with E-state index in [1.165, 1.54) is 11.8 Å². The second-order valence-electron chi connectivity index (χ2n) is 3.97. The third-order valence-corrected chi connectivity index (χ3v) is 3.25. The molecule has 0 saturated carbocycles. The van der Waals surface area contributed by atoms with Crippen molar-refractivity contribution in [3.63, 3.8) is 0 Å². The molecule has 7 heteroatoms. The van der Waals surface area contributed by atoms with E-state index < -0.39 is 0 Å². The van der Waals surface area contributed by atoms with Crippen LogP contribution in [0.5, 0.6) is 0 Å². The number of fused-ring (bicyclic) bond motifs is 1. The molecule has 20 heavy (non-hydrogen) atoms. The van der Waals surface area contributed by atoms with E-state index in [0.717, 1.165) is 5.52 Å². The van der Waals surface area contributed by atoms with E-state index in [1.807, 2.05) is 31.2 Å². The molecule has 1 aromatic heterocycles. The summed E-state index contributed by atoms with van der Waals surface area (Å²) in [5.74, 6) is -0.275. The quantitative estimate of drug-likeness (QED) is 0.781. The number of oxazole rings is 1. The summed E-state index contributed by atoms with van der Waals surface area (Å²) in [4.78, 5) is 27.0. The van der Waals surface area contributed by atoms with Gasteiger partial charge in [-0.2, -0.15) is 0 Å². The number of likely N-dealkylation sites (N-methyl/N-ethyl adjacent to an activating group) is 1. The first-order chi connectivity index (χ1) is 9.69. The van der Waals surface area contributed by atoms with Crippen molar-refractivity contribution >= 4 is 34.7 Å². The van der Waals surface area contributed by atoms with Gasteiger partial charge in [-0.25, -0.2) is 4.98 Å². The summed E-state index contributed by atoms with van der Waals surface area (Å²) in [6, 6.07) is 7.40. The van der Waals surface area contributed by atoms with Gasteiger partial charge in [0.05, 0.1) is 12.3 Å². The van der Waals surface area contributed by atoms with Gasteiger partial charge in [-0.1, -0.05) is 23.9 Å². The van der Waals surface area contributed by atoms with Crippen molar-refractivity contribution in [2.45, 2.75) is 12.1 Å². The zero-order valence-corrected chi connectivity index (χ0v) is 11.8. The summed E-state index contributed by atoms with van der Waals surface area (Å²) >= 11 is 1.20. The molecule has 2 N–H and O–H groups in total. The fourth-order valence-corrected chi connectivity index (χ4v) is 2.20. The van der Waals surface area contributed by atoms with Gasteiger partial charge in [0.2, 0.25) is 11.8 Å². The van der Waals surface area contributed by atoms with Crippen LogP contribution in [0.25, 0.3) is 11.1 Å². The van der Waals surface area contributed by atoms with Gasteiger partial charge in [0.25, 0.3) is 5.22 Å². The number of hydrogen-bond donors (Lipinski definition) is 2. The lowest BCUT2D eigenvalue weighted by molar-refractivity contribution is -0.124. The maximum absolute atomic E-state index is 11.6. The molecule has 2 amide bonds. The van der Waals surface area contributed by atoms with Crippen molar-refractivity contribution in [3.05, 3.63) is 24.3 Å². The molecule has 0 bridgehead atoms. The number of carbonyl (C=O) groups excluding carboxylic acids is 2. The van der Waals surface area contributed by atoms with Crippen molar-refractivity contribution in [2.24, 2.45) is 0 Å². The minimum atomic E-state index is -0.233. The van der Waals surface area contributed by atoms with E-state index >= 15 is 0 Å². The molecule has 6 nitrogen and oxygen atoms in total. The number of rotatable bonds is 6. The van der Waals surface area contributed by atoms with Gasteiger partial charge in [0.1, 0.15) is 5.52 Å². The van der Waals surface area contributed by atoms with Gasteiger partial charge in [0.15, 0.2) is 5.58 Å². The molecular formula is C13H15N3O3S. The van der Waals surface area contributed by atoms with E-state index in [9.17, 15) is 9.59 Å². The molecule has 106 valence electrons. The Bertz CT molecular complexity index is 579. The van der Waals surface area contributed by atoms with Crippen molar-refractivity contribution in [3.8, 4) is 0 Å². The normalized spacial score (nSPS) is 10.4. The van der Waals surface area contributed by atoms with Gasteiger partial charge in [-0.05, 0) is 19.1 Å². The molecule has 0 saturated heterocycles. The Labute approximate surface area is 120 Å². The van der Waals surface area contributed by atoms with Crippen LogP contribution in [-0.4, -0.2) is 35.6 Å². The zero-order valence-electron chi connectivity index (χ0n) is 11.0. The van der Waals surface area contributed by atoms with Crippen LogP contribution in [0.2, 0.25) is 0 Å². The predicted octanol–water partition coefficient (Wildman–Crippen LogP) is 1.17. The molecule has 1 heterocycles. The van der Waals surface area contributed by atoms with Crippen molar-refractivity contribution in [1.82, 2.24) is 15.6 Å². The Morgan fingerprint density at radius 2 is 2.05 bits per heavy atom. The van der Waals surface area contributed by atoms with Gasteiger partial charge < -0.3 is 15.1 Å². The Kier molecular flexibility index (Phi) is 5.00. The predicted molar refractivity (Wildman–Crippen MR) is 76.4 cm³/mol. The van der Waals surface area contributed by atoms with Gasteiger partial charge in [-0.15, -0.1) is 0 Å². The molecular weight excluding hydrogens is 278 g/mol. The molecule has 2 rings (SSSR count). The highest BCUT2D eigenvalue weighted by atomic mass is 32.2. The van der Waals surface area contributed by atoms with Crippen LogP contribution < -0.4 is 10.6 Å². The summed E-state index contributed by atoms with van der Waals surface area (Å²) < 4.78 is 5.48. The molecule has 0 fully saturated rings. The molecule has 0 spiro atoms. The average Bonchev–Trinajstić information content (AvgIpc) is 2.86. The summed E-state index contributed by atoms with van der Waals surface area (Å²) in [5, 5.41) is 5.57. The first kappa shape index (κ1) is 14.4. The number of amides is 2. The maximum Gasteiger partial charge on any atom is 0.257 e. The zero-order chi connectivity index (χ0) is 14.4.